The van der Waals surface area contributed by atoms with Crippen LogP contribution in [0.15, 0.2) is 0 Å². The van der Waals surface area contributed by atoms with Gasteiger partial charge in [0, 0.05) is 19.6 Å². The minimum absolute atomic E-state index is 0.150. The molecule has 0 saturated carbocycles. The Morgan fingerprint density at radius 3 is 2.65 bits per heavy atom. The Labute approximate surface area is 119 Å². The van der Waals surface area contributed by atoms with Gasteiger partial charge in [0.05, 0.1) is 17.0 Å². The summed E-state index contributed by atoms with van der Waals surface area (Å²) in [6.45, 7) is 6.51. The molecule has 0 spiro atoms. The number of nitrogens with zero attached hydrogens (tertiary/aromatic N) is 3. The van der Waals surface area contributed by atoms with E-state index >= 15 is 0 Å². The zero-order chi connectivity index (χ0) is 15.5. The van der Waals surface area contributed by atoms with E-state index in [9.17, 15) is 9.90 Å². The van der Waals surface area contributed by atoms with Crippen LogP contribution in [-0.2, 0) is 6.54 Å². The molecule has 0 fully saturated rings. The number of rotatable bonds is 6. The van der Waals surface area contributed by atoms with Crippen LogP contribution in [0.2, 0.25) is 0 Å². The van der Waals surface area contributed by atoms with Gasteiger partial charge in [-0.25, -0.2) is 0 Å². The van der Waals surface area contributed by atoms with Crippen molar-refractivity contribution < 1.29 is 9.90 Å². The van der Waals surface area contributed by atoms with Gasteiger partial charge in [-0.15, -0.1) is 0 Å². The van der Waals surface area contributed by atoms with Crippen LogP contribution in [0.4, 0.5) is 5.69 Å². The van der Waals surface area contributed by atoms with Crippen molar-refractivity contribution in [1.82, 2.24) is 20.0 Å². The Hall–Kier alpha value is -1.60. The molecule has 1 aromatic rings. The van der Waals surface area contributed by atoms with E-state index in [1.54, 1.807) is 18.5 Å². The molecule has 0 aliphatic carbocycles. The second-order valence-corrected chi connectivity index (χ2v) is 5.58. The van der Waals surface area contributed by atoms with Gasteiger partial charge in [0.1, 0.15) is 5.69 Å². The summed E-state index contributed by atoms with van der Waals surface area (Å²) < 4.78 is 1.57. The maximum atomic E-state index is 12.2. The third kappa shape index (κ3) is 3.94. The highest BCUT2D eigenvalue weighted by Crippen LogP contribution is 2.16. The van der Waals surface area contributed by atoms with Crippen molar-refractivity contribution in [2.75, 3.05) is 32.9 Å². The first kappa shape index (κ1) is 16.5. The number of aliphatic hydroxyl groups is 1. The highest BCUT2D eigenvalue weighted by atomic mass is 16.3. The lowest BCUT2D eigenvalue weighted by Crippen LogP contribution is -2.47. The Balaban J connectivity index is 2.77. The predicted molar refractivity (Wildman–Crippen MR) is 78.6 cm³/mol. The van der Waals surface area contributed by atoms with Crippen molar-refractivity contribution in [1.29, 1.82) is 0 Å². The summed E-state index contributed by atoms with van der Waals surface area (Å²) in [4.78, 5) is 14.1. The molecule has 1 unspecified atom stereocenters. The van der Waals surface area contributed by atoms with Crippen LogP contribution in [0.1, 0.15) is 30.0 Å². The number of carbonyl (C=O) groups excluding carboxylic acids is 1. The fourth-order valence-electron chi connectivity index (χ4n) is 2.16. The summed E-state index contributed by atoms with van der Waals surface area (Å²) in [5.41, 5.74) is 6.26. The highest BCUT2D eigenvalue weighted by molar-refractivity contribution is 5.98. The standard InChI is InChI=1S/C13H25N5O2/c1-6-18-11(10(14)9(2)16-18)12(19)15-7-13(3,20)8-17(4)5/h20H,6-8,14H2,1-5H3,(H,15,19). The largest absolute Gasteiger partial charge is 0.395 e. The van der Waals surface area contributed by atoms with Crippen LogP contribution in [0.3, 0.4) is 0 Å². The van der Waals surface area contributed by atoms with E-state index in [-0.39, 0.29) is 12.5 Å². The fraction of sp³-hybridized carbons (Fsp3) is 0.692. The number of aromatic nitrogens is 2. The minimum atomic E-state index is -1.000. The van der Waals surface area contributed by atoms with E-state index < -0.39 is 5.60 Å². The van der Waals surface area contributed by atoms with Gasteiger partial charge in [-0.05, 0) is 34.9 Å². The average Bonchev–Trinajstić information content (AvgIpc) is 2.61. The van der Waals surface area contributed by atoms with Gasteiger partial charge in [0.15, 0.2) is 0 Å². The van der Waals surface area contributed by atoms with Gasteiger partial charge < -0.3 is 21.1 Å². The van der Waals surface area contributed by atoms with Crippen molar-refractivity contribution in [2.45, 2.75) is 32.9 Å². The summed E-state index contributed by atoms with van der Waals surface area (Å²) in [6, 6.07) is 0. The van der Waals surface area contributed by atoms with E-state index in [0.717, 1.165) is 0 Å². The number of hydrogen-bond donors (Lipinski definition) is 3. The Bertz CT molecular complexity index is 479. The molecule has 0 aliphatic heterocycles. The molecule has 0 bridgehead atoms. The number of aryl methyl sites for hydroxylation is 2. The van der Waals surface area contributed by atoms with E-state index in [1.165, 1.54) is 0 Å². The number of nitrogens with one attached hydrogen (secondary N) is 1. The molecule has 0 radical (unpaired) electrons. The molecule has 1 aromatic heterocycles. The predicted octanol–water partition coefficient (Wildman–Crippen LogP) is -0.164. The van der Waals surface area contributed by atoms with Crippen LogP contribution < -0.4 is 11.1 Å². The average molecular weight is 283 g/mol. The molecule has 0 aromatic carbocycles. The second-order valence-electron chi connectivity index (χ2n) is 5.58. The molecule has 7 nitrogen and oxygen atoms in total. The van der Waals surface area contributed by atoms with Crippen LogP contribution in [0, 0.1) is 6.92 Å². The number of amides is 1. The number of anilines is 1. The van der Waals surface area contributed by atoms with Crippen molar-refractivity contribution >= 4 is 11.6 Å². The minimum Gasteiger partial charge on any atom is -0.395 e. The second kappa shape index (κ2) is 6.23. The molecular weight excluding hydrogens is 258 g/mol. The first-order valence-corrected chi connectivity index (χ1v) is 6.66. The molecule has 4 N–H and O–H groups in total. The smallest absolute Gasteiger partial charge is 0.271 e. The van der Waals surface area contributed by atoms with Gasteiger partial charge in [-0.1, -0.05) is 0 Å². The fourth-order valence-corrected chi connectivity index (χ4v) is 2.16. The van der Waals surface area contributed by atoms with Crippen LogP contribution in [0.5, 0.6) is 0 Å². The summed E-state index contributed by atoms with van der Waals surface area (Å²) in [7, 11) is 3.73. The summed E-state index contributed by atoms with van der Waals surface area (Å²) >= 11 is 0. The van der Waals surface area contributed by atoms with Crippen molar-refractivity contribution in [3.8, 4) is 0 Å². The normalized spacial score (nSPS) is 14.3. The van der Waals surface area contributed by atoms with Gasteiger partial charge in [-0.3, -0.25) is 9.48 Å². The van der Waals surface area contributed by atoms with Gasteiger partial charge in [-0.2, -0.15) is 5.10 Å². The zero-order valence-electron chi connectivity index (χ0n) is 12.9. The van der Waals surface area contributed by atoms with Crippen molar-refractivity contribution in [3.05, 3.63) is 11.4 Å². The Morgan fingerprint density at radius 1 is 1.55 bits per heavy atom. The molecule has 1 amide bonds. The van der Waals surface area contributed by atoms with Crippen molar-refractivity contribution in [2.24, 2.45) is 0 Å². The molecule has 20 heavy (non-hydrogen) atoms. The third-order valence-corrected chi connectivity index (χ3v) is 2.97. The molecule has 1 heterocycles. The first-order chi connectivity index (χ1) is 9.18. The maximum Gasteiger partial charge on any atom is 0.271 e. The van der Waals surface area contributed by atoms with Crippen LogP contribution >= 0.6 is 0 Å². The lowest BCUT2D eigenvalue weighted by Gasteiger charge is -2.27. The van der Waals surface area contributed by atoms with E-state index in [4.69, 9.17) is 5.73 Å². The SMILES string of the molecule is CCn1nc(C)c(N)c1C(=O)NCC(C)(O)CN(C)C. The van der Waals surface area contributed by atoms with E-state index in [2.05, 4.69) is 10.4 Å². The Kier molecular flexibility index (Phi) is 5.13. The number of likely N-dealkylation sites (N-methyl/N-ethyl adjacent to an activating group) is 1. The molecular formula is C13H25N5O2. The molecule has 7 heteroatoms. The highest BCUT2D eigenvalue weighted by Gasteiger charge is 2.25. The number of nitrogens with two attached hydrogens (primary N) is 1. The van der Waals surface area contributed by atoms with Gasteiger partial charge in [0.25, 0.3) is 5.91 Å². The first-order valence-electron chi connectivity index (χ1n) is 6.66. The summed E-state index contributed by atoms with van der Waals surface area (Å²) in [5.74, 6) is -0.316. The molecule has 114 valence electrons. The van der Waals surface area contributed by atoms with Crippen LogP contribution in [-0.4, -0.2) is 58.5 Å². The quantitative estimate of drug-likeness (QED) is 0.674. The lowest BCUT2D eigenvalue weighted by atomic mass is 10.1. The van der Waals surface area contributed by atoms with Crippen molar-refractivity contribution in [3.63, 3.8) is 0 Å². The third-order valence-electron chi connectivity index (χ3n) is 2.97. The van der Waals surface area contributed by atoms with E-state index in [0.29, 0.717) is 30.2 Å². The molecule has 0 saturated heterocycles. The lowest BCUT2D eigenvalue weighted by molar-refractivity contribution is 0.0324. The monoisotopic (exact) mass is 283 g/mol. The molecule has 1 rings (SSSR count). The van der Waals surface area contributed by atoms with Crippen LogP contribution in [0.25, 0.3) is 0 Å². The number of carbonyl (C=O) groups is 1. The zero-order valence-corrected chi connectivity index (χ0v) is 12.9. The molecule has 0 aliphatic rings. The number of nitrogen functional groups attached to an aromatic ring is 1. The summed E-state index contributed by atoms with van der Waals surface area (Å²) in [6.07, 6.45) is 0. The van der Waals surface area contributed by atoms with Gasteiger partial charge in [0.2, 0.25) is 0 Å². The number of hydrogen-bond acceptors (Lipinski definition) is 5. The van der Waals surface area contributed by atoms with Gasteiger partial charge >= 0.3 is 0 Å². The molecule has 1 atom stereocenters. The topological polar surface area (TPSA) is 96.4 Å². The Morgan fingerprint density at radius 2 is 2.15 bits per heavy atom. The van der Waals surface area contributed by atoms with E-state index in [1.807, 2.05) is 25.9 Å². The summed E-state index contributed by atoms with van der Waals surface area (Å²) in [5, 5.41) is 17.1. The maximum absolute atomic E-state index is 12.2.